The van der Waals surface area contributed by atoms with Crippen molar-refractivity contribution < 1.29 is 22.6 Å². The van der Waals surface area contributed by atoms with Gasteiger partial charge in [0.1, 0.15) is 18.1 Å². The second-order valence-corrected chi connectivity index (χ2v) is 10.0. The maximum Gasteiger partial charge on any atom is 0.573 e. The Bertz CT molecular complexity index is 1610. The number of hydrogen-bond acceptors (Lipinski definition) is 6. The lowest BCUT2D eigenvalue weighted by molar-refractivity contribution is -0.274. The SMILES string of the molecule is FC(F)(F)Oc1cccc(Cn2cc(-c3cccc4nc(Cc5ccc(OCCN6CCCC6)cc5)nn34)cn2)c1. The molecule has 0 atom stereocenters. The molecular weight excluding hydrogens is 533 g/mol. The highest BCUT2D eigenvalue weighted by atomic mass is 19.4. The zero-order valence-corrected chi connectivity index (χ0v) is 22.3. The second-order valence-electron chi connectivity index (χ2n) is 10.0. The van der Waals surface area contributed by atoms with Gasteiger partial charge in [0.2, 0.25) is 0 Å². The van der Waals surface area contributed by atoms with Gasteiger partial charge in [0.25, 0.3) is 0 Å². The Labute approximate surface area is 234 Å². The zero-order valence-electron chi connectivity index (χ0n) is 22.3. The largest absolute Gasteiger partial charge is 0.573 e. The summed E-state index contributed by atoms with van der Waals surface area (Å²) in [6.07, 6.45) is 1.92. The minimum atomic E-state index is -4.74. The van der Waals surface area contributed by atoms with Crippen molar-refractivity contribution in [3.63, 3.8) is 0 Å². The molecule has 5 aromatic rings. The van der Waals surface area contributed by atoms with Gasteiger partial charge in [-0.25, -0.2) is 9.50 Å². The summed E-state index contributed by atoms with van der Waals surface area (Å²) in [5, 5.41) is 9.15. The van der Waals surface area contributed by atoms with Gasteiger partial charge in [-0.3, -0.25) is 9.58 Å². The highest BCUT2D eigenvalue weighted by Gasteiger charge is 2.31. The average molecular weight is 563 g/mol. The van der Waals surface area contributed by atoms with E-state index in [9.17, 15) is 13.2 Å². The number of hydrogen-bond donors (Lipinski definition) is 0. The van der Waals surface area contributed by atoms with Crippen molar-refractivity contribution in [3.05, 3.63) is 96.1 Å². The van der Waals surface area contributed by atoms with Gasteiger partial charge >= 0.3 is 6.36 Å². The van der Waals surface area contributed by atoms with Crippen LogP contribution in [0.1, 0.15) is 29.8 Å². The maximum absolute atomic E-state index is 12.6. The van der Waals surface area contributed by atoms with E-state index < -0.39 is 6.36 Å². The van der Waals surface area contributed by atoms with Gasteiger partial charge < -0.3 is 9.47 Å². The third kappa shape index (κ3) is 6.86. The van der Waals surface area contributed by atoms with Gasteiger partial charge in [0.15, 0.2) is 11.5 Å². The summed E-state index contributed by atoms with van der Waals surface area (Å²) in [5.41, 5.74) is 4.04. The highest BCUT2D eigenvalue weighted by molar-refractivity contribution is 5.61. The highest BCUT2D eigenvalue weighted by Crippen LogP contribution is 2.25. The zero-order chi connectivity index (χ0) is 28.2. The van der Waals surface area contributed by atoms with Gasteiger partial charge in [-0.1, -0.05) is 30.3 Å². The van der Waals surface area contributed by atoms with Crippen molar-refractivity contribution in [1.82, 2.24) is 29.3 Å². The Hall–Kier alpha value is -4.38. The first kappa shape index (κ1) is 26.8. The monoisotopic (exact) mass is 562 g/mol. The van der Waals surface area contributed by atoms with E-state index in [0.717, 1.165) is 42.2 Å². The van der Waals surface area contributed by atoms with Crippen LogP contribution in [0.15, 0.2) is 79.1 Å². The molecule has 3 aromatic heterocycles. The number of fused-ring (bicyclic) bond motifs is 1. The van der Waals surface area contributed by atoms with E-state index in [1.807, 2.05) is 48.7 Å². The molecule has 0 N–H and O–H groups in total. The fraction of sp³-hybridized carbons (Fsp3) is 0.300. The summed E-state index contributed by atoms with van der Waals surface area (Å²) in [6.45, 7) is 4.25. The molecule has 8 nitrogen and oxygen atoms in total. The Morgan fingerprint density at radius 1 is 0.878 bits per heavy atom. The molecule has 6 rings (SSSR count). The van der Waals surface area contributed by atoms with Crippen molar-refractivity contribution in [3.8, 4) is 22.8 Å². The number of halogens is 3. The minimum Gasteiger partial charge on any atom is -0.492 e. The van der Waals surface area contributed by atoms with Crippen LogP contribution in [0.25, 0.3) is 16.9 Å². The topological polar surface area (TPSA) is 69.7 Å². The van der Waals surface area contributed by atoms with Crippen molar-refractivity contribution in [2.75, 3.05) is 26.2 Å². The number of nitrogens with zero attached hydrogens (tertiary/aromatic N) is 6. The molecule has 11 heteroatoms. The molecule has 212 valence electrons. The quantitative estimate of drug-likeness (QED) is 0.221. The fourth-order valence-electron chi connectivity index (χ4n) is 5.04. The van der Waals surface area contributed by atoms with E-state index in [0.29, 0.717) is 30.1 Å². The number of likely N-dealkylation sites (tertiary alicyclic amines) is 1. The second kappa shape index (κ2) is 11.6. The van der Waals surface area contributed by atoms with E-state index in [4.69, 9.17) is 14.8 Å². The predicted octanol–water partition coefficient (Wildman–Crippen LogP) is 5.61. The predicted molar refractivity (Wildman–Crippen MR) is 147 cm³/mol. The minimum absolute atomic E-state index is 0.262. The first-order valence-electron chi connectivity index (χ1n) is 13.5. The lowest BCUT2D eigenvalue weighted by Gasteiger charge is -2.14. The number of alkyl halides is 3. The first-order chi connectivity index (χ1) is 19.9. The summed E-state index contributed by atoms with van der Waals surface area (Å²) in [7, 11) is 0. The van der Waals surface area contributed by atoms with Gasteiger partial charge in [-0.15, -0.1) is 13.2 Å². The summed E-state index contributed by atoms with van der Waals surface area (Å²) in [4.78, 5) is 7.14. The number of ether oxygens (including phenoxy) is 2. The Balaban J connectivity index is 1.12. The molecule has 0 bridgehead atoms. The van der Waals surface area contributed by atoms with Crippen molar-refractivity contribution in [2.45, 2.75) is 32.2 Å². The standard InChI is InChI=1S/C30H29F3N6O2/c31-30(32,33)41-26-6-3-5-23(17-26)20-38-21-24(19-34-38)27-7-4-8-29-35-28(36-39(27)29)18-22-9-11-25(12-10-22)40-16-15-37-13-1-2-14-37/h3-12,17,19,21H,1-2,13-16,18,20H2. The Kier molecular flexibility index (Phi) is 7.60. The smallest absolute Gasteiger partial charge is 0.492 e. The molecule has 1 saturated heterocycles. The van der Waals surface area contributed by atoms with Crippen LogP contribution in [0.4, 0.5) is 13.2 Å². The Morgan fingerprint density at radius 3 is 2.49 bits per heavy atom. The third-order valence-corrected chi connectivity index (χ3v) is 6.97. The van der Waals surface area contributed by atoms with Gasteiger partial charge in [0.05, 0.1) is 18.4 Å². The molecule has 1 fully saturated rings. The van der Waals surface area contributed by atoms with Crippen molar-refractivity contribution in [2.24, 2.45) is 0 Å². The lowest BCUT2D eigenvalue weighted by Crippen LogP contribution is -2.25. The molecule has 0 radical (unpaired) electrons. The van der Waals surface area contributed by atoms with Crippen LogP contribution < -0.4 is 9.47 Å². The van der Waals surface area contributed by atoms with E-state index in [2.05, 4.69) is 14.7 Å². The lowest BCUT2D eigenvalue weighted by atomic mass is 10.1. The van der Waals surface area contributed by atoms with Crippen LogP contribution >= 0.6 is 0 Å². The number of rotatable bonds is 10. The normalized spacial score (nSPS) is 14.1. The van der Waals surface area contributed by atoms with E-state index in [1.165, 1.54) is 31.0 Å². The van der Waals surface area contributed by atoms with Crippen molar-refractivity contribution >= 4 is 5.65 Å². The van der Waals surface area contributed by atoms with E-state index in [-0.39, 0.29) is 12.3 Å². The number of benzene rings is 2. The van der Waals surface area contributed by atoms with E-state index in [1.54, 1.807) is 21.5 Å². The van der Waals surface area contributed by atoms with Gasteiger partial charge in [-0.2, -0.15) is 10.2 Å². The molecule has 0 amide bonds. The number of pyridine rings is 1. The molecular formula is C30H29F3N6O2. The van der Waals surface area contributed by atoms with Crippen LogP contribution in [0, 0.1) is 0 Å². The molecule has 0 aliphatic carbocycles. The molecule has 1 aliphatic rings. The van der Waals surface area contributed by atoms with Gasteiger partial charge in [-0.05, 0) is 73.5 Å². The number of aromatic nitrogens is 5. The van der Waals surface area contributed by atoms with Crippen LogP contribution in [-0.2, 0) is 13.0 Å². The third-order valence-electron chi connectivity index (χ3n) is 6.97. The summed E-state index contributed by atoms with van der Waals surface area (Å²) >= 11 is 0. The summed E-state index contributed by atoms with van der Waals surface area (Å²) in [6, 6.07) is 19.7. The van der Waals surface area contributed by atoms with Crippen LogP contribution in [-0.4, -0.2) is 61.9 Å². The molecule has 0 saturated carbocycles. The summed E-state index contributed by atoms with van der Waals surface area (Å²) in [5.74, 6) is 1.28. The first-order valence-corrected chi connectivity index (χ1v) is 13.5. The van der Waals surface area contributed by atoms with E-state index >= 15 is 0 Å². The van der Waals surface area contributed by atoms with Crippen LogP contribution in [0.5, 0.6) is 11.5 Å². The molecule has 41 heavy (non-hydrogen) atoms. The maximum atomic E-state index is 12.6. The van der Waals surface area contributed by atoms with Gasteiger partial charge in [0, 0.05) is 24.7 Å². The molecule has 0 spiro atoms. The molecule has 1 aliphatic heterocycles. The fourth-order valence-corrected chi connectivity index (χ4v) is 5.04. The molecule has 4 heterocycles. The Morgan fingerprint density at radius 2 is 1.68 bits per heavy atom. The van der Waals surface area contributed by atoms with Crippen LogP contribution in [0.2, 0.25) is 0 Å². The summed E-state index contributed by atoms with van der Waals surface area (Å²) < 4.78 is 51.1. The molecule has 0 unspecified atom stereocenters. The molecule has 2 aromatic carbocycles. The van der Waals surface area contributed by atoms with Crippen LogP contribution in [0.3, 0.4) is 0 Å². The average Bonchev–Trinajstić information content (AvgIpc) is 3.70. The van der Waals surface area contributed by atoms with Crippen molar-refractivity contribution in [1.29, 1.82) is 0 Å².